The minimum absolute atomic E-state index is 0.0661. The second kappa shape index (κ2) is 9.90. The third kappa shape index (κ3) is 5.36. The van der Waals surface area contributed by atoms with E-state index in [1.165, 1.54) is 6.07 Å². The highest BCUT2D eigenvalue weighted by molar-refractivity contribution is 5.72. The largest absolute Gasteiger partial charge is 0.432 e. The molecule has 0 bridgehead atoms. The van der Waals surface area contributed by atoms with Crippen LogP contribution in [0.3, 0.4) is 0 Å². The van der Waals surface area contributed by atoms with E-state index < -0.39 is 75.1 Å². The first kappa shape index (κ1) is 27.2. The van der Waals surface area contributed by atoms with Crippen LogP contribution in [0, 0.1) is 29.1 Å². The van der Waals surface area contributed by atoms with Gasteiger partial charge < -0.3 is 4.74 Å². The fourth-order valence-corrected chi connectivity index (χ4v) is 3.49. The lowest BCUT2D eigenvalue weighted by Gasteiger charge is -2.21. The topological polar surface area (TPSA) is 29.1 Å². The van der Waals surface area contributed by atoms with E-state index in [9.17, 15) is 44.6 Å². The molecule has 0 aromatic heterocycles. The predicted octanol–water partition coefficient (Wildman–Crippen LogP) is 8.68. The average molecular weight is 525 g/mol. The van der Waals surface area contributed by atoms with Crippen LogP contribution in [-0.2, 0) is 23.8 Å². The van der Waals surface area contributed by atoms with Gasteiger partial charge in [-0.1, -0.05) is 25.5 Å². The number of hydrogen-bond donors (Lipinski definition) is 0. The molecular formula is C24H15F10O2. The lowest BCUT2D eigenvalue weighted by Crippen LogP contribution is -2.26. The summed E-state index contributed by atoms with van der Waals surface area (Å²) in [6, 6.07) is 2.64. The van der Waals surface area contributed by atoms with E-state index in [-0.39, 0.29) is 18.2 Å². The van der Waals surface area contributed by atoms with E-state index in [4.69, 9.17) is 0 Å². The number of hydrogen-bond acceptors (Lipinski definition) is 1. The van der Waals surface area contributed by atoms with Gasteiger partial charge in [-0.3, -0.25) is 5.11 Å². The van der Waals surface area contributed by atoms with Gasteiger partial charge in [0.15, 0.2) is 11.6 Å². The molecule has 0 aliphatic rings. The van der Waals surface area contributed by atoms with Crippen molar-refractivity contribution in [2.75, 3.05) is 0 Å². The minimum Gasteiger partial charge on any atom is -0.429 e. The summed E-state index contributed by atoms with van der Waals surface area (Å²) in [5.74, 6) is -13.2. The van der Waals surface area contributed by atoms with Crippen molar-refractivity contribution in [2.45, 2.75) is 38.5 Å². The monoisotopic (exact) mass is 525 g/mol. The molecule has 0 spiro atoms. The third-order valence-electron chi connectivity index (χ3n) is 5.14. The van der Waals surface area contributed by atoms with Crippen molar-refractivity contribution in [1.29, 1.82) is 0 Å². The summed E-state index contributed by atoms with van der Waals surface area (Å²) in [4.78, 5) is 0. The van der Waals surface area contributed by atoms with E-state index in [1.54, 1.807) is 0 Å². The maximum atomic E-state index is 15.1. The molecule has 2 nitrogen and oxygen atoms in total. The third-order valence-corrected chi connectivity index (χ3v) is 5.14. The molecule has 0 amide bonds. The summed E-state index contributed by atoms with van der Waals surface area (Å²) >= 11 is 0. The van der Waals surface area contributed by atoms with Crippen LogP contribution in [0.5, 0.6) is 11.5 Å². The molecule has 0 saturated carbocycles. The Hall–Kier alpha value is -3.44. The molecule has 12 heteroatoms. The van der Waals surface area contributed by atoms with Crippen LogP contribution in [0.2, 0.25) is 0 Å². The SMILES string of the molecule is CCCCc1ccc(-c2c([O])cc(F)c(C(F)(F)Oc3cc(F)c(C(F)(F)F)c(F)c3)c2F)c(F)c1. The molecule has 3 aromatic rings. The van der Waals surface area contributed by atoms with Gasteiger partial charge in [0.1, 0.15) is 40.1 Å². The molecule has 0 aliphatic heterocycles. The first-order valence-electron chi connectivity index (χ1n) is 10.3. The smallest absolute Gasteiger partial charge is 0.429 e. The van der Waals surface area contributed by atoms with Gasteiger partial charge in [-0.25, -0.2) is 22.0 Å². The number of aryl methyl sites for hydroxylation is 1. The quantitative estimate of drug-likeness (QED) is 0.284. The summed E-state index contributed by atoms with van der Waals surface area (Å²) in [7, 11) is 0. The Morgan fingerprint density at radius 2 is 1.36 bits per heavy atom. The Kier molecular flexibility index (Phi) is 7.47. The van der Waals surface area contributed by atoms with E-state index in [0.717, 1.165) is 18.6 Å². The number of rotatable bonds is 7. The van der Waals surface area contributed by atoms with Gasteiger partial charge in [0.2, 0.25) is 0 Å². The van der Waals surface area contributed by atoms with Crippen LogP contribution in [0.25, 0.3) is 11.1 Å². The Morgan fingerprint density at radius 3 is 1.89 bits per heavy atom. The van der Waals surface area contributed by atoms with E-state index in [0.29, 0.717) is 18.4 Å². The highest BCUT2D eigenvalue weighted by Crippen LogP contribution is 2.44. The van der Waals surface area contributed by atoms with Crippen LogP contribution in [0.1, 0.15) is 36.5 Å². The summed E-state index contributed by atoms with van der Waals surface area (Å²) < 4.78 is 143. The van der Waals surface area contributed by atoms with Crippen molar-refractivity contribution in [3.8, 4) is 22.6 Å². The van der Waals surface area contributed by atoms with Crippen molar-refractivity contribution < 1.29 is 53.7 Å². The number of alkyl halides is 5. The zero-order valence-corrected chi connectivity index (χ0v) is 18.2. The molecule has 3 rings (SSSR count). The highest BCUT2D eigenvalue weighted by atomic mass is 19.4. The Balaban J connectivity index is 2.07. The number of benzene rings is 3. The maximum absolute atomic E-state index is 15.1. The van der Waals surface area contributed by atoms with E-state index in [2.05, 4.69) is 4.74 Å². The Labute approximate surface area is 197 Å². The normalized spacial score (nSPS) is 12.2. The fourth-order valence-electron chi connectivity index (χ4n) is 3.49. The molecule has 0 atom stereocenters. The Bertz CT molecular complexity index is 1260. The van der Waals surface area contributed by atoms with Crippen molar-refractivity contribution >= 4 is 0 Å². The van der Waals surface area contributed by atoms with Crippen molar-refractivity contribution in [2.24, 2.45) is 0 Å². The molecule has 0 unspecified atom stereocenters. The fraction of sp³-hybridized carbons (Fsp3) is 0.250. The second-order valence-corrected chi connectivity index (χ2v) is 7.72. The summed E-state index contributed by atoms with van der Waals surface area (Å²) in [5.41, 5.74) is -6.17. The molecular weight excluding hydrogens is 510 g/mol. The number of halogens is 10. The lowest BCUT2D eigenvalue weighted by molar-refractivity contribution is -0.189. The molecule has 0 aliphatic carbocycles. The predicted molar refractivity (Wildman–Crippen MR) is 106 cm³/mol. The van der Waals surface area contributed by atoms with Crippen molar-refractivity contribution in [1.82, 2.24) is 0 Å². The average Bonchev–Trinajstić information content (AvgIpc) is 2.70. The number of ether oxygens (including phenoxy) is 1. The maximum Gasteiger partial charge on any atom is 0.432 e. The van der Waals surface area contributed by atoms with Crippen LogP contribution in [0.4, 0.5) is 43.9 Å². The van der Waals surface area contributed by atoms with E-state index >= 15 is 4.39 Å². The van der Waals surface area contributed by atoms with Gasteiger partial charge in [-0.05, 0) is 24.5 Å². The number of unbranched alkanes of at least 4 members (excludes halogenated alkanes) is 1. The molecule has 193 valence electrons. The van der Waals surface area contributed by atoms with Gasteiger partial charge in [0.05, 0.1) is 5.56 Å². The van der Waals surface area contributed by atoms with Crippen LogP contribution in [0.15, 0.2) is 36.4 Å². The molecule has 0 N–H and O–H groups in total. The molecule has 0 saturated heterocycles. The van der Waals surface area contributed by atoms with Crippen LogP contribution in [-0.4, -0.2) is 0 Å². The molecule has 1 radical (unpaired) electrons. The van der Waals surface area contributed by atoms with Crippen LogP contribution < -0.4 is 4.74 Å². The molecule has 3 aromatic carbocycles. The van der Waals surface area contributed by atoms with Crippen LogP contribution >= 0.6 is 0 Å². The molecule has 0 heterocycles. The van der Waals surface area contributed by atoms with Gasteiger partial charge in [0.25, 0.3) is 0 Å². The molecule has 0 fully saturated rings. The second-order valence-electron chi connectivity index (χ2n) is 7.72. The van der Waals surface area contributed by atoms with Gasteiger partial charge in [-0.15, -0.1) is 0 Å². The molecule has 36 heavy (non-hydrogen) atoms. The zero-order valence-electron chi connectivity index (χ0n) is 18.2. The van der Waals surface area contributed by atoms with Gasteiger partial charge in [-0.2, -0.15) is 22.0 Å². The van der Waals surface area contributed by atoms with Gasteiger partial charge >= 0.3 is 12.3 Å². The van der Waals surface area contributed by atoms with E-state index in [1.807, 2.05) is 6.92 Å². The van der Waals surface area contributed by atoms with Crippen molar-refractivity contribution in [3.63, 3.8) is 0 Å². The zero-order chi connectivity index (χ0) is 27.0. The Morgan fingerprint density at radius 1 is 0.778 bits per heavy atom. The summed E-state index contributed by atoms with van der Waals surface area (Å²) in [6.07, 6.45) is -8.72. The first-order chi connectivity index (χ1) is 16.7. The highest BCUT2D eigenvalue weighted by Gasteiger charge is 2.44. The summed E-state index contributed by atoms with van der Waals surface area (Å²) in [5, 5.41) is 12.2. The van der Waals surface area contributed by atoms with Crippen molar-refractivity contribution in [3.05, 3.63) is 82.2 Å². The lowest BCUT2D eigenvalue weighted by atomic mass is 9.97. The first-order valence-corrected chi connectivity index (χ1v) is 10.3. The van der Waals surface area contributed by atoms with Gasteiger partial charge in [0, 0.05) is 23.8 Å². The standard InChI is InChI=1S/C24H15F10O2/c1-2-3-4-11-5-6-13(14(25)7-11)19-18(35)10-17(28)21(22(19)29)24(33,34)36-12-8-15(26)20(16(27)9-12)23(30,31)32/h5-10H,2-4H2,1H3. The minimum atomic E-state index is -5.51. The summed E-state index contributed by atoms with van der Waals surface area (Å²) in [6.45, 7) is 1.87.